The maximum absolute atomic E-state index is 11.5. The van der Waals surface area contributed by atoms with E-state index in [1.807, 2.05) is 19.1 Å². The highest BCUT2D eigenvalue weighted by Crippen LogP contribution is 2.22. The van der Waals surface area contributed by atoms with Crippen LogP contribution in [0.1, 0.15) is 19.8 Å². The van der Waals surface area contributed by atoms with E-state index in [1.165, 1.54) is 0 Å². The number of halogens is 1. The highest BCUT2D eigenvalue weighted by Gasteiger charge is 2.09. The van der Waals surface area contributed by atoms with Gasteiger partial charge in [-0.15, -0.1) is 0 Å². The van der Waals surface area contributed by atoms with Gasteiger partial charge in [-0.05, 0) is 18.6 Å². The van der Waals surface area contributed by atoms with Crippen molar-refractivity contribution in [2.75, 3.05) is 6.61 Å². The molecule has 0 saturated heterocycles. The topological polar surface area (TPSA) is 62.1 Å². The number of nitrogens with zero attached hydrogens (tertiary/aromatic N) is 1. The number of para-hydroxylation sites is 1. The van der Waals surface area contributed by atoms with Crippen molar-refractivity contribution in [3.63, 3.8) is 0 Å². The molecule has 0 radical (unpaired) electrons. The first-order valence-corrected chi connectivity index (χ1v) is 6.11. The van der Waals surface area contributed by atoms with Crippen LogP contribution in [0, 0.1) is 11.3 Å². The minimum atomic E-state index is -0.433. The summed E-state index contributed by atoms with van der Waals surface area (Å²) in [6, 6.07) is 8.65. The lowest BCUT2D eigenvalue weighted by Crippen LogP contribution is -2.33. The highest BCUT2D eigenvalue weighted by molar-refractivity contribution is 6.32. The van der Waals surface area contributed by atoms with Crippen LogP contribution in [0.4, 0.5) is 0 Å². The Hall–Kier alpha value is -1.73. The summed E-state index contributed by atoms with van der Waals surface area (Å²) in [4.78, 5) is 11.5. The third kappa shape index (κ3) is 4.64. The molecule has 0 aliphatic heterocycles. The molecule has 0 aliphatic carbocycles. The van der Waals surface area contributed by atoms with Crippen LogP contribution in [-0.2, 0) is 4.79 Å². The summed E-state index contributed by atoms with van der Waals surface area (Å²) in [7, 11) is 0. The van der Waals surface area contributed by atoms with Crippen LogP contribution in [0.25, 0.3) is 0 Å². The zero-order chi connectivity index (χ0) is 13.4. The van der Waals surface area contributed by atoms with Crippen LogP contribution in [-0.4, -0.2) is 18.6 Å². The largest absolute Gasteiger partial charge is 0.491 e. The summed E-state index contributed by atoms with van der Waals surface area (Å²) in [5.74, 6) is 0.356. The Balaban J connectivity index is 2.32. The third-order valence-corrected chi connectivity index (χ3v) is 2.63. The summed E-state index contributed by atoms with van der Waals surface area (Å²) in [5, 5.41) is 11.8. The summed E-state index contributed by atoms with van der Waals surface area (Å²) < 4.78 is 5.38. The zero-order valence-electron chi connectivity index (χ0n) is 10.1. The Bertz CT molecular complexity index is 443. The van der Waals surface area contributed by atoms with Crippen LogP contribution in [0.2, 0.25) is 5.02 Å². The second-order valence-corrected chi connectivity index (χ2v) is 4.09. The number of nitriles is 1. The molecule has 1 aromatic rings. The van der Waals surface area contributed by atoms with Crippen molar-refractivity contribution in [3.8, 4) is 11.8 Å². The van der Waals surface area contributed by atoms with E-state index in [2.05, 4.69) is 5.32 Å². The molecule has 0 heterocycles. The summed E-state index contributed by atoms with van der Waals surface area (Å²) in [6.45, 7) is 2.08. The van der Waals surface area contributed by atoms with Crippen molar-refractivity contribution in [2.45, 2.75) is 25.8 Å². The minimum absolute atomic E-state index is 0.198. The van der Waals surface area contributed by atoms with E-state index in [9.17, 15) is 4.79 Å². The number of ether oxygens (including phenoxy) is 1. The molecule has 0 fully saturated rings. The quantitative estimate of drug-likeness (QED) is 0.861. The van der Waals surface area contributed by atoms with Crippen LogP contribution in [0.3, 0.4) is 0 Å². The SMILES string of the molecule is CCC(C#N)NC(=O)CCOc1ccccc1Cl. The van der Waals surface area contributed by atoms with Crippen molar-refractivity contribution < 1.29 is 9.53 Å². The van der Waals surface area contributed by atoms with Gasteiger partial charge in [0.15, 0.2) is 0 Å². The number of benzene rings is 1. The standard InChI is InChI=1S/C13H15ClN2O2/c1-2-10(9-15)16-13(17)7-8-18-12-6-4-3-5-11(12)14/h3-6,10H,2,7-8H2,1H3,(H,16,17). The molecule has 1 amide bonds. The van der Waals surface area contributed by atoms with E-state index in [0.29, 0.717) is 17.2 Å². The molecular weight excluding hydrogens is 252 g/mol. The number of hydrogen-bond acceptors (Lipinski definition) is 3. The Kier molecular flexibility index (Phi) is 6.03. The number of carbonyl (C=O) groups is 1. The lowest BCUT2D eigenvalue weighted by Gasteiger charge is -2.10. The molecule has 1 unspecified atom stereocenters. The molecule has 4 nitrogen and oxygen atoms in total. The first kappa shape index (κ1) is 14.3. The van der Waals surface area contributed by atoms with Gasteiger partial charge in [0.1, 0.15) is 11.8 Å². The van der Waals surface area contributed by atoms with Gasteiger partial charge in [0, 0.05) is 0 Å². The molecule has 0 saturated carbocycles. The molecule has 18 heavy (non-hydrogen) atoms. The maximum Gasteiger partial charge on any atom is 0.224 e. The second kappa shape index (κ2) is 7.57. The average Bonchev–Trinajstić information content (AvgIpc) is 2.38. The van der Waals surface area contributed by atoms with Gasteiger partial charge in [-0.1, -0.05) is 30.7 Å². The molecule has 1 aromatic carbocycles. The number of amides is 1. The average molecular weight is 267 g/mol. The number of carbonyl (C=O) groups excluding carboxylic acids is 1. The maximum atomic E-state index is 11.5. The van der Waals surface area contributed by atoms with Crippen molar-refractivity contribution in [1.82, 2.24) is 5.32 Å². The van der Waals surface area contributed by atoms with E-state index >= 15 is 0 Å². The molecule has 0 aromatic heterocycles. The van der Waals surface area contributed by atoms with Crippen LogP contribution >= 0.6 is 11.6 Å². The Morgan fingerprint density at radius 3 is 2.89 bits per heavy atom. The fourth-order valence-corrected chi connectivity index (χ4v) is 1.50. The summed E-state index contributed by atoms with van der Waals surface area (Å²) in [5.41, 5.74) is 0. The molecule has 0 spiro atoms. The predicted molar refractivity (Wildman–Crippen MR) is 69.4 cm³/mol. The van der Waals surface area contributed by atoms with Gasteiger partial charge >= 0.3 is 0 Å². The fourth-order valence-electron chi connectivity index (χ4n) is 1.31. The van der Waals surface area contributed by atoms with Gasteiger partial charge in [0.25, 0.3) is 0 Å². The van der Waals surface area contributed by atoms with Crippen molar-refractivity contribution in [2.24, 2.45) is 0 Å². The molecule has 1 N–H and O–H groups in total. The smallest absolute Gasteiger partial charge is 0.224 e. The first-order chi connectivity index (χ1) is 8.67. The van der Waals surface area contributed by atoms with Crippen molar-refractivity contribution in [1.29, 1.82) is 5.26 Å². The van der Waals surface area contributed by atoms with E-state index in [0.717, 1.165) is 0 Å². The third-order valence-electron chi connectivity index (χ3n) is 2.32. The van der Waals surface area contributed by atoms with E-state index in [4.69, 9.17) is 21.6 Å². The van der Waals surface area contributed by atoms with Crippen LogP contribution < -0.4 is 10.1 Å². The first-order valence-electron chi connectivity index (χ1n) is 5.73. The lowest BCUT2D eigenvalue weighted by molar-refractivity contribution is -0.121. The second-order valence-electron chi connectivity index (χ2n) is 3.69. The van der Waals surface area contributed by atoms with Crippen molar-refractivity contribution >= 4 is 17.5 Å². The van der Waals surface area contributed by atoms with Crippen LogP contribution in [0.5, 0.6) is 5.75 Å². The molecule has 0 aliphatic rings. The number of nitrogens with one attached hydrogen (secondary N) is 1. The fraction of sp³-hybridized carbons (Fsp3) is 0.385. The van der Waals surface area contributed by atoms with Gasteiger partial charge in [-0.25, -0.2) is 0 Å². The molecule has 1 rings (SSSR count). The Morgan fingerprint density at radius 1 is 1.56 bits per heavy atom. The van der Waals surface area contributed by atoms with Gasteiger partial charge in [-0.2, -0.15) is 5.26 Å². The van der Waals surface area contributed by atoms with Crippen LogP contribution in [0.15, 0.2) is 24.3 Å². The number of hydrogen-bond donors (Lipinski definition) is 1. The molecule has 5 heteroatoms. The molecule has 1 atom stereocenters. The highest BCUT2D eigenvalue weighted by atomic mass is 35.5. The van der Waals surface area contributed by atoms with Crippen molar-refractivity contribution in [3.05, 3.63) is 29.3 Å². The van der Waals surface area contributed by atoms with Gasteiger partial charge in [0.2, 0.25) is 5.91 Å². The summed E-state index contributed by atoms with van der Waals surface area (Å²) in [6.07, 6.45) is 0.789. The van der Waals surface area contributed by atoms with E-state index < -0.39 is 6.04 Å². The van der Waals surface area contributed by atoms with Gasteiger partial charge < -0.3 is 10.1 Å². The van der Waals surface area contributed by atoms with Gasteiger partial charge in [0.05, 0.1) is 24.1 Å². The molecule has 96 valence electrons. The minimum Gasteiger partial charge on any atom is -0.491 e. The summed E-state index contributed by atoms with van der Waals surface area (Å²) >= 11 is 5.90. The number of rotatable bonds is 6. The van der Waals surface area contributed by atoms with Gasteiger partial charge in [-0.3, -0.25) is 4.79 Å². The van der Waals surface area contributed by atoms with E-state index in [-0.39, 0.29) is 18.9 Å². The molecular formula is C13H15ClN2O2. The Morgan fingerprint density at radius 2 is 2.28 bits per heavy atom. The monoisotopic (exact) mass is 266 g/mol. The normalized spacial score (nSPS) is 11.4. The Labute approximate surface area is 112 Å². The van der Waals surface area contributed by atoms with E-state index in [1.54, 1.807) is 18.2 Å². The molecule has 0 bridgehead atoms. The zero-order valence-corrected chi connectivity index (χ0v) is 10.9. The predicted octanol–water partition coefficient (Wildman–Crippen LogP) is 2.53. The lowest BCUT2D eigenvalue weighted by atomic mass is 10.2.